The highest BCUT2D eigenvalue weighted by atomic mass is 35.5. The largest absolute Gasteiger partial charge is 0.453 e. The van der Waals surface area contributed by atoms with E-state index in [2.05, 4.69) is 15.3 Å². The fourth-order valence-electron chi connectivity index (χ4n) is 4.61. The first-order valence-corrected chi connectivity index (χ1v) is 13.4. The molecular formula is C23H27ClN4O5S2. The van der Waals surface area contributed by atoms with Crippen LogP contribution in [0.5, 0.6) is 0 Å². The molecule has 4 rings (SSSR count). The van der Waals surface area contributed by atoms with Gasteiger partial charge in [-0.15, -0.1) is 23.1 Å². The average molecular weight is 539 g/mol. The number of halogens is 1. The number of hydrogen-bond donors (Lipinski definition) is 1. The number of anilines is 1. The van der Waals surface area contributed by atoms with E-state index in [1.165, 1.54) is 25.6 Å². The highest BCUT2D eigenvalue weighted by Gasteiger charge is 2.50. The molecule has 1 saturated heterocycles. The van der Waals surface area contributed by atoms with E-state index in [1.54, 1.807) is 33.8 Å². The number of hydroxylamine groups is 1. The van der Waals surface area contributed by atoms with Crippen LogP contribution in [0.4, 0.5) is 10.5 Å². The Morgan fingerprint density at radius 2 is 2.11 bits per heavy atom. The number of benzene rings is 1. The minimum atomic E-state index is -0.359. The molecule has 1 fully saturated rings. The summed E-state index contributed by atoms with van der Waals surface area (Å²) in [4.78, 5) is 49.4. The van der Waals surface area contributed by atoms with Gasteiger partial charge in [0.05, 0.1) is 31.0 Å². The smallest absolute Gasteiger partial charge is 0.409 e. The summed E-state index contributed by atoms with van der Waals surface area (Å²) < 4.78 is 5.92. The second-order valence-electron chi connectivity index (χ2n) is 8.49. The van der Waals surface area contributed by atoms with Crippen LogP contribution >= 0.6 is 34.7 Å². The van der Waals surface area contributed by atoms with Gasteiger partial charge in [0.2, 0.25) is 11.8 Å². The Morgan fingerprint density at radius 3 is 2.89 bits per heavy atom. The summed E-state index contributed by atoms with van der Waals surface area (Å²) in [7, 11) is 2.79. The first-order valence-electron chi connectivity index (χ1n) is 11.2. The molecule has 1 unspecified atom stereocenters. The minimum Gasteiger partial charge on any atom is -0.453 e. The summed E-state index contributed by atoms with van der Waals surface area (Å²) in [6.45, 7) is 1.55. The molecule has 0 saturated carbocycles. The number of rotatable bonds is 8. The van der Waals surface area contributed by atoms with Gasteiger partial charge in [0, 0.05) is 42.2 Å². The van der Waals surface area contributed by atoms with E-state index in [1.807, 2.05) is 12.1 Å². The standard InChI is InChI=1S/C23H27ClN4O5S2/c1-32-22(31)27-8-7-23(13-27)14-28(17-6-5-15(24)10-16(17)23)20(30)11-19-25-12-21(35-19)34-9-3-4-18(29)26-33-2/h5-6,10,12H,3-4,7-9,11,13-14H2,1-2H3,(H,26,29). The van der Waals surface area contributed by atoms with Crippen molar-refractivity contribution in [1.29, 1.82) is 0 Å². The Balaban J connectivity index is 1.40. The summed E-state index contributed by atoms with van der Waals surface area (Å²) >= 11 is 9.42. The van der Waals surface area contributed by atoms with Crippen molar-refractivity contribution in [3.63, 3.8) is 0 Å². The molecule has 2 aromatic rings. The Kier molecular flexibility index (Phi) is 8.20. The van der Waals surface area contributed by atoms with E-state index in [0.29, 0.717) is 37.5 Å². The highest BCUT2D eigenvalue weighted by Crippen LogP contribution is 2.47. The van der Waals surface area contributed by atoms with Gasteiger partial charge in [-0.3, -0.25) is 14.4 Å². The molecule has 35 heavy (non-hydrogen) atoms. The predicted octanol–water partition coefficient (Wildman–Crippen LogP) is 3.65. The van der Waals surface area contributed by atoms with Crippen molar-refractivity contribution < 1.29 is 24.0 Å². The molecule has 1 spiro atoms. The van der Waals surface area contributed by atoms with Gasteiger partial charge >= 0.3 is 6.09 Å². The summed E-state index contributed by atoms with van der Waals surface area (Å²) in [6, 6.07) is 5.59. The Hall–Kier alpha value is -2.34. The fraction of sp³-hybridized carbons (Fsp3) is 0.478. The van der Waals surface area contributed by atoms with Crippen LogP contribution in [0.15, 0.2) is 28.6 Å². The number of nitrogens with zero attached hydrogens (tertiary/aromatic N) is 3. The van der Waals surface area contributed by atoms with E-state index in [0.717, 1.165) is 32.6 Å². The van der Waals surface area contributed by atoms with Gasteiger partial charge in [-0.1, -0.05) is 11.6 Å². The van der Waals surface area contributed by atoms with Crippen molar-refractivity contribution >= 4 is 58.3 Å². The average Bonchev–Trinajstić information content (AvgIpc) is 3.55. The molecule has 1 aromatic carbocycles. The van der Waals surface area contributed by atoms with Crippen LogP contribution in [0.2, 0.25) is 5.02 Å². The van der Waals surface area contributed by atoms with Crippen molar-refractivity contribution in [3.05, 3.63) is 40.0 Å². The topological polar surface area (TPSA) is 101 Å². The first kappa shape index (κ1) is 25.7. The number of hydrogen-bond acceptors (Lipinski definition) is 8. The summed E-state index contributed by atoms with van der Waals surface area (Å²) in [5, 5.41) is 1.35. The lowest BCUT2D eigenvalue weighted by molar-refractivity contribution is -0.131. The molecule has 1 atom stereocenters. The Bertz CT molecular complexity index is 1110. The number of thiazole rings is 1. The lowest BCUT2D eigenvalue weighted by Crippen LogP contribution is -2.40. The third kappa shape index (κ3) is 5.74. The number of fused-ring (bicyclic) bond motifs is 2. The third-order valence-corrected chi connectivity index (χ3v) is 8.73. The second-order valence-corrected chi connectivity index (χ2v) is 11.4. The third-order valence-electron chi connectivity index (χ3n) is 6.21. The van der Waals surface area contributed by atoms with Crippen LogP contribution in [-0.2, 0) is 31.0 Å². The van der Waals surface area contributed by atoms with Gasteiger partial charge in [-0.25, -0.2) is 15.3 Å². The zero-order valence-electron chi connectivity index (χ0n) is 19.5. The molecule has 0 radical (unpaired) electrons. The number of thioether (sulfide) groups is 1. The van der Waals surface area contributed by atoms with Gasteiger partial charge in [0.1, 0.15) is 5.01 Å². The number of carbonyl (C=O) groups excluding carboxylic acids is 3. The van der Waals surface area contributed by atoms with E-state index in [-0.39, 0.29) is 29.7 Å². The molecule has 12 heteroatoms. The monoisotopic (exact) mass is 538 g/mol. The van der Waals surface area contributed by atoms with Crippen LogP contribution in [-0.4, -0.2) is 67.4 Å². The zero-order valence-corrected chi connectivity index (χ0v) is 21.9. The summed E-state index contributed by atoms with van der Waals surface area (Å²) in [5.41, 5.74) is 3.78. The van der Waals surface area contributed by atoms with Gasteiger partial charge in [-0.05, 0) is 42.4 Å². The van der Waals surface area contributed by atoms with Crippen LogP contribution in [0, 0.1) is 0 Å². The maximum Gasteiger partial charge on any atom is 0.409 e. The molecule has 1 aromatic heterocycles. The van der Waals surface area contributed by atoms with E-state index in [4.69, 9.17) is 16.3 Å². The Morgan fingerprint density at radius 1 is 1.29 bits per heavy atom. The molecular weight excluding hydrogens is 512 g/mol. The van der Waals surface area contributed by atoms with Crippen molar-refractivity contribution in [2.24, 2.45) is 0 Å². The van der Waals surface area contributed by atoms with Crippen molar-refractivity contribution in [3.8, 4) is 0 Å². The van der Waals surface area contributed by atoms with Gasteiger partial charge in [-0.2, -0.15) is 0 Å². The number of ether oxygens (including phenoxy) is 1. The van der Waals surface area contributed by atoms with E-state index >= 15 is 0 Å². The summed E-state index contributed by atoms with van der Waals surface area (Å²) in [5.74, 6) is 0.585. The molecule has 188 valence electrons. The van der Waals surface area contributed by atoms with Crippen LogP contribution < -0.4 is 10.4 Å². The van der Waals surface area contributed by atoms with E-state index < -0.39 is 0 Å². The molecule has 3 heterocycles. The fourth-order valence-corrected chi connectivity index (χ4v) is 6.81. The molecule has 0 bridgehead atoms. The lowest BCUT2D eigenvalue weighted by Gasteiger charge is -2.25. The van der Waals surface area contributed by atoms with E-state index in [9.17, 15) is 14.4 Å². The van der Waals surface area contributed by atoms with Crippen LogP contribution in [0.25, 0.3) is 0 Å². The number of methoxy groups -OCH3 is 1. The molecule has 9 nitrogen and oxygen atoms in total. The maximum absolute atomic E-state index is 13.4. The number of likely N-dealkylation sites (tertiary alicyclic amines) is 1. The van der Waals surface area contributed by atoms with Gasteiger partial charge in [0.15, 0.2) is 0 Å². The predicted molar refractivity (Wildman–Crippen MR) is 135 cm³/mol. The lowest BCUT2D eigenvalue weighted by atomic mass is 9.81. The van der Waals surface area contributed by atoms with Crippen molar-refractivity contribution in [2.75, 3.05) is 44.5 Å². The van der Waals surface area contributed by atoms with Crippen LogP contribution in [0.1, 0.15) is 29.8 Å². The van der Waals surface area contributed by atoms with Crippen molar-refractivity contribution in [1.82, 2.24) is 15.4 Å². The van der Waals surface area contributed by atoms with Gasteiger partial charge in [0.25, 0.3) is 0 Å². The molecule has 1 N–H and O–H groups in total. The molecule has 2 aliphatic rings. The molecule has 0 aliphatic carbocycles. The summed E-state index contributed by atoms with van der Waals surface area (Å²) in [6.07, 6.45) is 3.45. The minimum absolute atomic E-state index is 0.0379. The second kappa shape index (κ2) is 11.2. The number of aromatic nitrogens is 1. The highest BCUT2D eigenvalue weighted by molar-refractivity contribution is 8.01. The Labute approximate surface area is 217 Å². The maximum atomic E-state index is 13.4. The molecule has 2 aliphatic heterocycles. The van der Waals surface area contributed by atoms with Gasteiger partial charge < -0.3 is 14.5 Å². The van der Waals surface area contributed by atoms with Crippen molar-refractivity contribution in [2.45, 2.75) is 35.3 Å². The number of nitrogens with one attached hydrogen (secondary N) is 1. The van der Waals surface area contributed by atoms with Crippen LogP contribution in [0.3, 0.4) is 0 Å². The SMILES string of the molecule is CONC(=O)CCCSc1cnc(CC(=O)N2CC3(CCN(C(=O)OC)C3)c3cc(Cl)ccc32)s1. The quantitative estimate of drug-likeness (QED) is 0.311. The number of amides is 3. The zero-order chi connectivity index (χ0) is 25.0. The number of carbonyl (C=O) groups is 3. The normalized spacial score (nSPS) is 18.7. The first-order chi connectivity index (χ1) is 16.8. The molecule has 3 amide bonds.